The maximum Gasteiger partial charge on any atom is 0.0965 e. The standard InChI is InChI=1S/C30H20S4/c1-17-11-13-25(31-17)27-15-23-24-16-28(26-14-12-18(2)32-26)34-30(24)21-9-5-3-7-19(21)29(23,33-27)20-8-4-6-10-22(20)30/h3-16H,1-2H3. The molecule has 4 heterocycles. The van der Waals surface area contributed by atoms with E-state index in [1.807, 2.05) is 22.7 Å². The summed E-state index contributed by atoms with van der Waals surface area (Å²) >= 11 is 7.93. The molecule has 0 nitrogen and oxygen atoms in total. The van der Waals surface area contributed by atoms with E-state index in [4.69, 9.17) is 0 Å². The number of rotatable bonds is 2. The monoisotopic (exact) mass is 508 g/mol. The maximum absolute atomic E-state index is 2.52. The van der Waals surface area contributed by atoms with Crippen molar-refractivity contribution >= 4 is 56.0 Å². The summed E-state index contributed by atoms with van der Waals surface area (Å²) in [6.07, 6.45) is 5.04. The van der Waals surface area contributed by atoms with Gasteiger partial charge in [-0.05, 0) is 83.7 Å². The van der Waals surface area contributed by atoms with Gasteiger partial charge >= 0.3 is 0 Å². The average Bonchev–Trinajstić information content (AvgIpc) is 3.63. The van der Waals surface area contributed by atoms with E-state index in [-0.39, 0.29) is 9.49 Å². The van der Waals surface area contributed by atoms with Crippen LogP contribution in [0.1, 0.15) is 41.8 Å². The van der Waals surface area contributed by atoms with Gasteiger partial charge in [0, 0.05) is 29.3 Å². The van der Waals surface area contributed by atoms with Gasteiger partial charge in [-0.25, -0.2) is 0 Å². The summed E-state index contributed by atoms with van der Waals surface area (Å²) in [5.74, 6) is 0. The Labute approximate surface area is 216 Å². The first-order valence-corrected chi connectivity index (χ1v) is 14.8. The van der Waals surface area contributed by atoms with E-state index < -0.39 is 0 Å². The van der Waals surface area contributed by atoms with Gasteiger partial charge in [-0.3, -0.25) is 0 Å². The predicted molar refractivity (Wildman–Crippen MR) is 151 cm³/mol. The van der Waals surface area contributed by atoms with Crippen LogP contribution in [-0.2, 0) is 9.49 Å². The zero-order valence-electron chi connectivity index (χ0n) is 18.7. The van der Waals surface area contributed by atoms with E-state index in [2.05, 4.69) is 122 Å². The third-order valence-electron chi connectivity index (χ3n) is 7.46. The Hall–Kier alpha value is -2.24. The van der Waals surface area contributed by atoms with E-state index >= 15 is 0 Å². The van der Waals surface area contributed by atoms with Crippen molar-refractivity contribution in [3.63, 3.8) is 0 Å². The van der Waals surface area contributed by atoms with E-state index in [9.17, 15) is 0 Å². The van der Waals surface area contributed by atoms with Crippen LogP contribution in [0.5, 0.6) is 0 Å². The van der Waals surface area contributed by atoms with Gasteiger partial charge in [0.1, 0.15) is 0 Å². The van der Waals surface area contributed by atoms with Crippen LogP contribution in [0.4, 0.5) is 0 Å². The average molecular weight is 509 g/mol. The fourth-order valence-electron chi connectivity index (χ4n) is 6.16. The highest BCUT2D eigenvalue weighted by Crippen LogP contribution is 2.76. The second-order valence-corrected chi connectivity index (χ2v) is 14.4. The molecule has 34 heavy (non-hydrogen) atoms. The normalized spacial score (nSPS) is 25.6. The molecule has 0 radical (unpaired) electrons. The number of thiophene rings is 2. The second kappa shape index (κ2) is 6.70. The molecule has 2 aliphatic heterocycles. The molecule has 0 fully saturated rings. The highest BCUT2D eigenvalue weighted by atomic mass is 32.2. The highest BCUT2D eigenvalue weighted by Gasteiger charge is 2.63. The summed E-state index contributed by atoms with van der Waals surface area (Å²) in [7, 11) is 0. The molecule has 164 valence electrons. The van der Waals surface area contributed by atoms with E-state index in [0.29, 0.717) is 0 Å². The minimum Gasteiger partial charge on any atom is -0.140 e. The molecule has 2 aromatic heterocycles. The van der Waals surface area contributed by atoms with Crippen LogP contribution >= 0.6 is 46.2 Å². The zero-order chi connectivity index (χ0) is 22.7. The Morgan fingerprint density at radius 1 is 0.500 bits per heavy atom. The minimum absolute atomic E-state index is 0.171. The van der Waals surface area contributed by atoms with Gasteiger partial charge in [-0.15, -0.1) is 46.2 Å². The van der Waals surface area contributed by atoms with Crippen LogP contribution in [0.15, 0.2) is 96.1 Å². The summed E-state index contributed by atoms with van der Waals surface area (Å²) in [6, 6.07) is 27.6. The first kappa shape index (κ1) is 20.0. The summed E-state index contributed by atoms with van der Waals surface area (Å²) < 4.78 is -0.343. The van der Waals surface area contributed by atoms with Crippen LogP contribution in [-0.4, -0.2) is 0 Å². The molecule has 0 saturated heterocycles. The Morgan fingerprint density at radius 3 is 1.21 bits per heavy atom. The smallest absolute Gasteiger partial charge is 0.0965 e. The molecule has 3 aliphatic carbocycles. The lowest BCUT2D eigenvalue weighted by molar-refractivity contribution is 0.694. The van der Waals surface area contributed by atoms with Gasteiger partial charge in [0.05, 0.1) is 9.49 Å². The first-order chi connectivity index (χ1) is 16.6. The summed E-state index contributed by atoms with van der Waals surface area (Å²) in [6.45, 7) is 4.41. The number of aryl methyl sites for hydroxylation is 2. The van der Waals surface area contributed by atoms with E-state index in [1.54, 1.807) is 0 Å². The van der Waals surface area contributed by atoms with Crippen molar-refractivity contribution in [1.29, 1.82) is 0 Å². The molecule has 0 saturated carbocycles. The molecule has 0 unspecified atom stereocenters. The van der Waals surface area contributed by atoms with Crippen molar-refractivity contribution in [3.8, 4) is 0 Å². The van der Waals surface area contributed by atoms with Crippen molar-refractivity contribution in [2.45, 2.75) is 23.3 Å². The topological polar surface area (TPSA) is 0 Å². The Bertz CT molecular complexity index is 1470. The molecule has 9 rings (SSSR count). The van der Waals surface area contributed by atoms with Gasteiger partial charge in [-0.1, -0.05) is 48.5 Å². The molecule has 2 spiro atoms. The largest absolute Gasteiger partial charge is 0.140 e. The van der Waals surface area contributed by atoms with Gasteiger partial charge < -0.3 is 0 Å². The fourth-order valence-corrected chi connectivity index (χ4v) is 11.3. The lowest BCUT2D eigenvalue weighted by Crippen LogP contribution is -2.45. The van der Waals surface area contributed by atoms with Crippen LogP contribution in [0.25, 0.3) is 9.81 Å². The molecule has 0 N–H and O–H groups in total. The van der Waals surface area contributed by atoms with Crippen molar-refractivity contribution in [3.05, 3.63) is 138 Å². The summed E-state index contributed by atoms with van der Waals surface area (Å²) in [4.78, 5) is 8.32. The molecular formula is C30H20S4. The second-order valence-electron chi connectivity index (χ2n) is 9.32. The van der Waals surface area contributed by atoms with Crippen LogP contribution < -0.4 is 0 Å². The van der Waals surface area contributed by atoms with Gasteiger partial charge in [0.25, 0.3) is 0 Å². The number of allylic oxidation sites excluding steroid dienone is 2. The third-order valence-corrected chi connectivity index (χ3v) is 12.8. The van der Waals surface area contributed by atoms with Gasteiger partial charge in [0.2, 0.25) is 0 Å². The Morgan fingerprint density at radius 2 is 0.882 bits per heavy atom. The number of benzene rings is 2. The zero-order valence-corrected chi connectivity index (χ0v) is 22.0. The SMILES string of the molecule is Cc1ccc(C2=CC3=C4C=C(c5ccc(C)s5)SC45c4ccccc4C3(S2)c2ccccc25)s1. The Balaban J connectivity index is 1.48. The quantitative estimate of drug-likeness (QED) is 0.265. The lowest BCUT2D eigenvalue weighted by atomic mass is 9.60. The highest BCUT2D eigenvalue weighted by molar-refractivity contribution is 8.11. The number of hydrogen-bond donors (Lipinski definition) is 0. The maximum atomic E-state index is 2.52. The molecule has 5 aliphatic rings. The molecule has 4 heteroatoms. The van der Waals surface area contributed by atoms with Gasteiger partial charge in [-0.2, -0.15) is 0 Å². The van der Waals surface area contributed by atoms with E-state index in [0.717, 1.165) is 0 Å². The number of hydrogen-bond acceptors (Lipinski definition) is 4. The Kier molecular flexibility index (Phi) is 3.94. The third kappa shape index (κ3) is 2.29. The fraction of sp³-hybridized carbons (Fsp3) is 0.133. The summed E-state index contributed by atoms with van der Waals surface area (Å²) in [5, 5.41) is 0. The molecule has 0 amide bonds. The van der Waals surface area contributed by atoms with Crippen molar-refractivity contribution in [1.82, 2.24) is 0 Å². The minimum atomic E-state index is -0.171. The van der Waals surface area contributed by atoms with Crippen molar-refractivity contribution in [2.75, 3.05) is 0 Å². The summed E-state index contributed by atoms with van der Waals surface area (Å²) in [5.41, 5.74) is 8.88. The van der Waals surface area contributed by atoms with E-state index in [1.165, 1.54) is 62.7 Å². The molecule has 4 aromatic rings. The first-order valence-electron chi connectivity index (χ1n) is 11.5. The molecular weight excluding hydrogens is 489 g/mol. The molecule has 2 aromatic carbocycles. The van der Waals surface area contributed by atoms with Crippen LogP contribution in [0.2, 0.25) is 0 Å². The van der Waals surface area contributed by atoms with Crippen molar-refractivity contribution < 1.29 is 0 Å². The lowest BCUT2D eigenvalue weighted by Gasteiger charge is -2.52. The molecule has 2 bridgehead atoms. The van der Waals surface area contributed by atoms with Crippen molar-refractivity contribution in [2.24, 2.45) is 0 Å². The van der Waals surface area contributed by atoms with Crippen LogP contribution in [0.3, 0.4) is 0 Å². The van der Waals surface area contributed by atoms with Crippen LogP contribution in [0, 0.1) is 13.8 Å². The predicted octanol–water partition coefficient (Wildman–Crippen LogP) is 9.11. The van der Waals surface area contributed by atoms with Gasteiger partial charge in [0.15, 0.2) is 0 Å². The number of thioether (sulfide) groups is 2. The molecule has 0 atom stereocenters.